The molecule has 0 bridgehead atoms. The van der Waals surface area contributed by atoms with Gasteiger partial charge in [0.2, 0.25) is 5.91 Å². The number of likely N-dealkylation sites (N-methyl/N-ethyl adjacent to an activating group) is 1. The molecule has 1 aliphatic carbocycles. The third-order valence-electron chi connectivity index (χ3n) is 4.82. The van der Waals surface area contributed by atoms with Crippen LogP contribution in [0.2, 0.25) is 5.02 Å². The Morgan fingerprint density at radius 1 is 1.25 bits per heavy atom. The number of hydrogen-bond donors (Lipinski definition) is 2. The number of nitrogens with zero attached hydrogens (tertiary/aromatic N) is 2. The highest BCUT2D eigenvalue weighted by Gasteiger charge is 2.14. The number of nitrogens with one attached hydrogen (secondary N) is 2. The van der Waals surface area contributed by atoms with E-state index in [-0.39, 0.29) is 36.4 Å². The van der Waals surface area contributed by atoms with E-state index < -0.39 is 0 Å². The average molecular weight is 523 g/mol. The standard InChI is InChI=1S/C20H31ClN4O2.HI/c1-25(2)19(26)14-24-20(22-12-15-7-5-4-6-8-15)23-13-16-9-10-18(27-3)17(21)11-16;/h9-11,15H,4-8,12-14H2,1-3H3,(H2,22,23,24);1H. The van der Waals surface area contributed by atoms with Crippen molar-refractivity contribution in [3.8, 4) is 5.75 Å². The summed E-state index contributed by atoms with van der Waals surface area (Å²) in [5.74, 6) is 1.98. The van der Waals surface area contributed by atoms with Crippen LogP contribution in [0.5, 0.6) is 5.75 Å². The fraction of sp³-hybridized carbons (Fsp3) is 0.600. The molecule has 158 valence electrons. The second-order valence-electron chi connectivity index (χ2n) is 7.16. The van der Waals surface area contributed by atoms with Crippen LogP contribution in [0.1, 0.15) is 37.7 Å². The van der Waals surface area contributed by atoms with Crippen molar-refractivity contribution in [3.05, 3.63) is 28.8 Å². The lowest BCUT2D eigenvalue weighted by Gasteiger charge is -2.23. The minimum absolute atomic E-state index is 0. The summed E-state index contributed by atoms with van der Waals surface area (Å²) in [7, 11) is 5.09. The summed E-state index contributed by atoms with van der Waals surface area (Å²) in [6, 6.07) is 5.64. The molecule has 1 saturated carbocycles. The van der Waals surface area contributed by atoms with Crippen LogP contribution >= 0.6 is 35.6 Å². The maximum Gasteiger partial charge on any atom is 0.241 e. The number of aliphatic imine (C=N–C) groups is 1. The van der Waals surface area contributed by atoms with Crippen LogP contribution < -0.4 is 15.4 Å². The predicted molar refractivity (Wildman–Crippen MR) is 126 cm³/mol. The van der Waals surface area contributed by atoms with Gasteiger partial charge in [0.15, 0.2) is 5.96 Å². The first-order valence-corrected chi connectivity index (χ1v) is 9.92. The summed E-state index contributed by atoms with van der Waals surface area (Å²) in [6.45, 7) is 1.57. The molecule has 1 aliphatic rings. The van der Waals surface area contributed by atoms with E-state index in [4.69, 9.17) is 16.3 Å². The number of hydrogen-bond acceptors (Lipinski definition) is 3. The summed E-state index contributed by atoms with van der Waals surface area (Å²) in [4.78, 5) is 18.1. The Labute approximate surface area is 190 Å². The zero-order chi connectivity index (χ0) is 19.6. The molecular weight excluding hydrogens is 491 g/mol. The van der Waals surface area contributed by atoms with Crippen molar-refractivity contribution < 1.29 is 9.53 Å². The Balaban J connectivity index is 0.00000392. The Morgan fingerprint density at radius 2 is 1.96 bits per heavy atom. The minimum atomic E-state index is 0. The lowest BCUT2D eigenvalue weighted by molar-refractivity contribution is -0.127. The Bertz CT molecular complexity index is 649. The van der Waals surface area contributed by atoms with Crippen LogP contribution in [0.4, 0.5) is 0 Å². The molecule has 1 aromatic rings. The Morgan fingerprint density at radius 3 is 2.57 bits per heavy atom. The zero-order valence-electron chi connectivity index (χ0n) is 17.0. The molecule has 2 N–H and O–H groups in total. The molecule has 0 unspecified atom stereocenters. The second kappa shape index (κ2) is 13.1. The number of carbonyl (C=O) groups excluding carboxylic acids is 1. The van der Waals surface area contributed by atoms with Crippen molar-refractivity contribution in [2.24, 2.45) is 10.9 Å². The van der Waals surface area contributed by atoms with Crippen molar-refractivity contribution >= 4 is 47.4 Å². The van der Waals surface area contributed by atoms with Crippen LogP contribution in [-0.4, -0.2) is 51.1 Å². The molecule has 0 spiro atoms. The molecule has 1 fully saturated rings. The maximum absolute atomic E-state index is 11.9. The molecule has 0 heterocycles. The first-order valence-electron chi connectivity index (χ1n) is 9.54. The number of benzene rings is 1. The molecule has 0 atom stereocenters. The van der Waals surface area contributed by atoms with Gasteiger partial charge in [0, 0.05) is 20.6 Å². The third kappa shape index (κ3) is 8.43. The SMILES string of the molecule is COc1ccc(CN=C(NCC(=O)N(C)C)NCC2CCCCC2)cc1Cl.I. The van der Waals surface area contributed by atoms with Gasteiger partial charge < -0.3 is 20.3 Å². The van der Waals surface area contributed by atoms with E-state index in [2.05, 4.69) is 15.6 Å². The van der Waals surface area contributed by atoms with Crippen LogP contribution in [0.3, 0.4) is 0 Å². The lowest BCUT2D eigenvalue weighted by Crippen LogP contribution is -2.44. The van der Waals surface area contributed by atoms with Crippen molar-refractivity contribution in [1.82, 2.24) is 15.5 Å². The summed E-state index contributed by atoms with van der Waals surface area (Å²) in [6.07, 6.45) is 6.45. The maximum atomic E-state index is 11.9. The van der Waals surface area contributed by atoms with Gasteiger partial charge in [0.1, 0.15) is 5.75 Å². The van der Waals surface area contributed by atoms with Crippen LogP contribution in [0.25, 0.3) is 0 Å². The highest BCUT2D eigenvalue weighted by Crippen LogP contribution is 2.25. The number of guanidine groups is 1. The van der Waals surface area contributed by atoms with Gasteiger partial charge >= 0.3 is 0 Å². The van der Waals surface area contributed by atoms with Crippen molar-refractivity contribution in [2.75, 3.05) is 34.3 Å². The monoisotopic (exact) mass is 522 g/mol. The first-order chi connectivity index (χ1) is 13.0. The van der Waals surface area contributed by atoms with Gasteiger partial charge in [-0.3, -0.25) is 4.79 Å². The van der Waals surface area contributed by atoms with E-state index in [0.717, 1.165) is 12.1 Å². The first kappa shape index (κ1) is 24.8. The smallest absolute Gasteiger partial charge is 0.241 e. The zero-order valence-corrected chi connectivity index (χ0v) is 20.0. The summed E-state index contributed by atoms with van der Waals surface area (Å²) in [5.41, 5.74) is 0.985. The Hall–Kier alpha value is -1.22. The van der Waals surface area contributed by atoms with E-state index in [0.29, 0.717) is 29.2 Å². The topological polar surface area (TPSA) is 66.0 Å². The summed E-state index contributed by atoms with van der Waals surface area (Å²) >= 11 is 6.19. The van der Waals surface area contributed by atoms with E-state index >= 15 is 0 Å². The number of carbonyl (C=O) groups is 1. The largest absolute Gasteiger partial charge is 0.495 e. The third-order valence-corrected chi connectivity index (χ3v) is 5.12. The van der Waals surface area contributed by atoms with E-state index in [1.54, 1.807) is 26.1 Å². The molecule has 0 saturated heterocycles. The fourth-order valence-corrected chi connectivity index (χ4v) is 3.38. The number of methoxy groups -OCH3 is 1. The van der Waals surface area contributed by atoms with Gasteiger partial charge in [-0.05, 0) is 36.5 Å². The van der Waals surface area contributed by atoms with E-state index in [1.807, 2.05) is 18.2 Å². The predicted octanol–water partition coefficient (Wildman–Crippen LogP) is 3.67. The number of amides is 1. The minimum Gasteiger partial charge on any atom is -0.495 e. The van der Waals surface area contributed by atoms with Crippen LogP contribution in [0.15, 0.2) is 23.2 Å². The number of ether oxygens (including phenoxy) is 1. The second-order valence-corrected chi connectivity index (χ2v) is 7.57. The van der Waals surface area contributed by atoms with Crippen LogP contribution in [-0.2, 0) is 11.3 Å². The molecule has 1 amide bonds. The van der Waals surface area contributed by atoms with Gasteiger partial charge in [0.25, 0.3) is 0 Å². The summed E-state index contributed by atoms with van der Waals surface area (Å²) in [5, 5.41) is 7.11. The summed E-state index contributed by atoms with van der Waals surface area (Å²) < 4.78 is 5.18. The highest BCUT2D eigenvalue weighted by molar-refractivity contribution is 14.0. The van der Waals surface area contributed by atoms with E-state index in [9.17, 15) is 4.79 Å². The molecular formula is C20H32ClIN4O2. The molecule has 1 aromatic carbocycles. The quantitative estimate of drug-likeness (QED) is 0.326. The molecule has 28 heavy (non-hydrogen) atoms. The molecule has 2 rings (SSSR count). The molecule has 0 radical (unpaired) electrons. The number of halogens is 2. The molecule has 8 heteroatoms. The van der Waals surface area contributed by atoms with Crippen molar-refractivity contribution in [3.63, 3.8) is 0 Å². The van der Waals surface area contributed by atoms with Gasteiger partial charge in [-0.15, -0.1) is 24.0 Å². The number of rotatable bonds is 7. The van der Waals surface area contributed by atoms with Gasteiger partial charge in [-0.2, -0.15) is 0 Å². The average Bonchev–Trinajstić information content (AvgIpc) is 2.68. The lowest BCUT2D eigenvalue weighted by atomic mass is 9.89. The van der Waals surface area contributed by atoms with Crippen molar-refractivity contribution in [1.29, 1.82) is 0 Å². The normalized spacial score (nSPS) is 14.8. The highest BCUT2D eigenvalue weighted by atomic mass is 127. The fourth-order valence-electron chi connectivity index (χ4n) is 3.10. The molecule has 0 aliphatic heterocycles. The van der Waals surface area contributed by atoms with Gasteiger partial charge in [0.05, 0.1) is 25.2 Å². The van der Waals surface area contributed by atoms with E-state index in [1.165, 1.54) is 32.1 Å². The van der Waals surface area contributed by atoms with Gasteiger partial charge in [-0.25, -0.2) is 4.99 Å². The van der Waals surface area contributed by atoms with Gasteiger partial charge in [-0.1, -0.05) is 36.9 Å². The Kier molecular flexibility index (Phi) is 11.6. The van der Waals surface area contributed by atoms with Crippen LogP contribution in [0, 0.1) is 5.92 Å². The molecule has 6 nitrogen and oxygen atoms in total. The molecule has 0 aromatic heterocycles. The van der Waals surface area contributed by atoms with Crippen molar-refractivity contribution in [2.45, 2.75) is 38.6 Å².